The standard InChI is InChI=1S/C13H14ClFN4/c1-7(2)11-6-12(19-16)18-13(17-11)8-3-4-10(15)9(14)5-8/h3-7H,16H2,1-2H3,(H,17,18,19). The average molecular weight is 281 g/mol. The molecule has 4 nitrogen and oxygen atoms in total. The van der Waals surface area contributed by atoms with Crippen LogP contribution in [-0.2, 0) is 0 Å². The summed E-state index contributed by atoms with van der Waals surface area (Å²) in [6.45, 7) is 4.04. The van der Waals surface area contributed by atoms with E-state index in [1.165, 1.54) is 12.1 Å². The minimum absolute atomic E-state index is 0.0401. The number of nitrogens with two attached hydrogens (primary N) is 1. The molecule has 100 valence electrons. The molecule has 3 N–H and O–H groups in total. The molecule has 0 amide bonds. The number of rotatable bonds is 3. The maximum Gasteiger partial charge on any atom is 0.161 e. The first-order valence-corrected chi connectivity index (χ1v) is 6.20. The van der Waals surface area contributed by atoms with E-state index in [2.05, 4.69) is 15.4 Å². The Morgan fingerprint density at radius 1 is 1.26 bits per heavy atom. The maximum absolute atomic E-state index is 13.2. The summed E-state index contributed by atoms with van der Waals surface area (Å²) in [5.74, 6) is 6.12. The molecule has 0 unspecified atom stereocenters. The summed E-state index contributed by atoms with van der Waals surface area (Å²) in [5.41, 5.74) is 3.99. The highest BCUT2D eigenvalue weighted by molar-refractivity contribution is 6.31. The molecule has 0 bridgehead atoms. The zero-order valence-corrected chi connectivity index (χ0v) is 11.4. The highest BCUT2D eigenvalue weighted by Crippen LogP contribution is 2.25. The third kappa shape index (κ3) is 3.00. The molecule has 0 radical (unpaired) electrons. The molecule has 1 aromatic heterocycles. The Hall–Kier alpha value is -1.72. The van der Waals surface area contributed by atoms with Crippen molar-refractivity contribution in [2.45, 2.75) is 19.8 Å². The van der Waals surface area contributed by atoms with Gasteiger partial charge in [-0.2, -0.15) is 0 Å². The van der Waals surface area contributed by atoms with Crippen molar-refractivity contribution in [2.24, 2.45) is 5.84 Å². The minimum Gasteiger partial charge on any atom is -0.308 e. The lowest BCUT2D eigenvalue weighted by atomic mass is 10.1. The van der Waals surface area contributed by atoms with Gasteiger partial charge in [0.2, 0.25) is 0 Å². The van der Waals surface area contributed by atoms with Crippen LogP contribution in [0.2, 0.25) is 5.02 Å². The molecule has 0 aliphatic carbocycles. The summed E-state index contributed by atoms with van der Waals surface area (Å²) in [6.07, 6.45) is 0. The fraction of sp³-hybridized carbons (Fsp3) is 0.231. The van der Waals surface area contributed by atoms with Gasteiger partial charge in [-0.15, -0.1) is 0 Å². The number of anilines is 1. The lowest BCUT2D eigenvalue weighted by Gasteiger charge is -2.10. The molecule has 0 atom stereocenters. The van der Waals surface area contributed by atoms with Gasteiger partial charge in [0.15, 0.2) is 5.82 Å². The normalized spacial score (nSPS) is 10.8. The number of nitrogens with one attached hydrogen (secondary N) is 1. The van der Waals surface area contributed by atoms with Gasteiger partial charge in [-0.05, 0) is 24.1 Å². The third-order valence-corrected chi connectivity index (χ3v) is 2.95. The van der Waals surface area contributed by atoms with E-state index < -0.39 is 5.82 Å². The van der Waals surface area contributed by atoms with Gasteiger partial charge >= 0.3 is 0 Å². The average Bonchev–Trinajstić information content (AvgIpc) is 2.41. The zero-order valence-electron chi connectivity index (χ0n) is 10.6. The molecule has 0 aliphatic rings. The van der Waals surface area contributed by atoms with Gasteiger partial charge in [0.05, 0.1) is 5.02 Å². The van der Waals surface area contributed by atoms with Crippen molar-refractivity contribution in [3.63, 3.8) is 0 Å². The van der Waals surface area contributed by atoms with E-state index in [9.17, 15) is 4.39 Å². The van der Waals surface area contributed by atoms with Crippen molar-refractivity contribution < 1.29 is 4.39 Å². The smallest absolute Gasteiger partial charge is 0.161 e. The monoisotopic (exact) mass is 280 g/mol. The van der Waals surface area contributed by atoms with Crippen LogP contribution in [0.4, 0.5) is 10.2 Å². The highest BCUT2D eigenvalue weighted by atomic mass is 35.5. The molecule has 0 aliphatic heterocycles. The Labute approximate surface area is 115 Å². The Kier molecular flexibility index (Phi) is 3.97. The summed E-state index contributed by atoms with van der Waals surface area (Å²) in [5, 5.41) is 0.0401. The summed E-state index contributed by atoms with van der Waals surface area (Å²) in [7, 11) is 0. The number of nitrogen functional groups attached to an aromatic ring is 1. The predicted octanol–water partition coefficient (Wildman–Crippen LogP) is 3.35. The molecule has 0 saturated carbocycles. The van der Waals surface area contributed by atoms with Crippen LogP contribution in [0.25, 0.3) is 11.4 Å². The van der Waals surface area contributed by atoms with Crippen molar-refractivity contribution in [3.8, 4) is 11.4 Å². The van der Waals surface area contributed by atoms with Crippen LogP contribution in [0.1, 0.15) is 25.5 Å². The van der Waals surface area contributed by atoms with Crippen LogP contribution in [0.15, 0.2) is 24.3 Å². The Balaban J connectivity index is 2.54. The van der Waals surface area contributed by atoms with E-state index in [0.29, 0.717) is 17.2 Å². The zero-order chi connectivity index (χ0) is 14.0. The fourth-order valence-corrected chi connectivity index (χ4v) is 1.78. The summed E-state index contributed by atoms with van der Waals surface area (Å²) in [4.78, 5) is 8.68. The SMILES string of the molecule is CC(C)c1cc(NN)nc(-c2ccc(F)c(Cl)c2)n1. The molecule has 0 saturated heterocycles. The molecule has 19 heavy (non-hydrogen) atoms. The number of hydrazine groups is 1. The van der Waals surface area contributed by atoms with E-state index in [0.717, 1.165) is 5.69 Å². The van der Waals surface area contributed by atoms with E-state index in [1.807, 2.05) is 13.8 Å². The Morgan fingerprint density at radius 2 is 2.00 bits per heavy atom. The first-order chi connectivity index (χ1) is 9.01. The van der Waals surface area contributed by atoms with Gasteiger partial charge in [0.1, 0.15) is 11.6 Å². The molecular formula is C13H14ClFN4. The number of hydrogen-bond donors (Lipinski definition) is 2. The van der Waals surface area contributed by atoms with E-state index in [-0.39, 0.29) is 10.9 Å². The van der Waals surface area contributed by atoms with Gasteiger partial charge in [0.25, 0.3) is 0 Å². The predicted molar refractivity (Wildman–Crippen MR) is 74.3 cm³/mol. The van der Waals surface area contributed by atoms with Gasteiger partial charge in [-0.1, -0.05) is 25.4 Å². The maximum atomic E-state index is 13.2. The van der Waals surface area contributed by atoms with Crippen molar-refractivity contribution in [2.75, 3.05) is 5.43 Å². The Bertz CT molecular complexity index is 601. The van der Waals surface area contributed by atoms with Gasteiger partial charge in [-0.25, -0.2) is 20.2 Å². The topological polar surface area (TPSA) is 63.8 Å². The first-order valence-electron chi connectivity index (χ1n) is 5.82. The van der Waals surface area contributed by atoms with Crippen LogP contribution in [0.5, 0.6) is 0 Å². The lowest BCUT2D eigenvalue weighted by molar-refractivity contribution is 0.628. The number of nitrogens with zero attached hydrogens (tertiary/aromatic N) is 2. The van der Waals surface area contributed by atoms with Crippen LogP contribution in [-0.4, -0.2) is 9.97 Å². The second kappa shape index (κ2) is 5.50. The second-order valence-corrected chi connectivity index (χ2v) is 4.84. The van der Waals surface area contributed by atoms with Gasteiger partial charge in [-0.3, -0.25) is 0 Å². The number of aromatic nitrogens is 2. The largest absolute Gasteiger partial charge is 0.308 e. The van der Waals surface area contributed by atoms with E-state index in [1.54, 1.807) is 12.1 Å². The van der Waals surface area contributed by atoms with Crippen molar-refractivity contribution in [3.05, 3.63) is 40.8 Å². The van der Waals surface area contributed by atoms with Crippen molar-refractivity contribution in [1.29, 1.82) is 0 Å². The Morgan fingerprint density at radius 3 is 2.58 bits per heavy atom. The molecule has 1 heterocycles. The molecule has 0 fully saturated rings. The summed E-state index contributed by atoms with van der Waals surface area (Å²) in [6, 6.07) is 6.15. The number of hydrogen-bond acceptors (Lipinski definition) is 4. The van der Waals surface area contributed by atoms with Crippen LogP contribution < -0.4 is 11.3 Å². The first kappa shape index (κ1) is 13.7. The molecule has 2 rings (SSSR count). The van der Waals surface area contributed by atoms with Crippen molar-refractivity contribution >= 4 is 17.4 Å². The van der Waals surface area contributed by atoms with E-state index >= 15 is 0 Å². The quantitative estimate of drug-likeness (QED) is 0.668. The minimum atomic E-state index is -0.470. The molecular weight excluding hydrogens is 267 g/mol. The highest BCUT2D eigenvalue weighted by Gasteiger charge is 2.10. The van der Waals surface area contributed by atoms with Crippen molar-refractivity contribution in [1.82, 2.24) is 9.97 Å². The molecule has 6 heteroatoms. The summed E-state index contributed by atoms with van der Waals surface area (Å²) >= 11 is 5.77. The molecule has 0 spiro atoms. The fourth-order valence-electron chi connectivity index (χ4n) is 1.60. The number of benzene rings is 1. The lowest BCUT2D eigenvalue weighted by Crippen LogP contribution is -2.11. The molecule has 2 aromatic rings. The summed E-state index contributed by atoms with van der Waals surface area (Å²) < 4.78 is 13.2. The third-order valence-electron chi connectivity index (χ3n) is 2.66. The van der Waals surface area contributed by atoms with Crippen LogP contribution in [0, 0.1) is 5.82 Å². The van der Waals surface area contributed by atoms with Crippen LogP contribution >= 0.6 is 11.6 Å². The molecule has 1 aromatic carbocycles. The van der Waals surface area contributed by atoms with Crippen LogP contribution in [0.3, 0.4) is 0 Å². The van der Waals surface area contributed by atoms with E-state index in [4.69, 9.17) is 17.4 Å². The number of halogens is 2. The second-order valence-electron chi connectivity index (χ2n) is 4.43. The van der Waals surface area contributed by atoms with Gasteiger partial charge in [0, 0.05) is 17.3 Å². The van der Waals surface area contributed by atoms with Gasteiger partial charge < -0.3 is 5.43 Å².